The van der Waals surface area contributed by atoms with E-state index in [1.807, 2.05) is 18.2 Å². The van der Waals surface area contributed by atoms with E-state index in [-0.39, 0.29) is 5.75 Å². The molecule has 0 aliphatic rings. The number of anilines is 1. The SMILES string of the molecule is Oc1c(Br)cc(CNc2cncc(Br)c2)cc1Br. The van der Waals surface area contributed by atoms with E-state index in [0.29, 0.717) is 15.5 Å². The summed E-state index contributed by atoms with van der Waals surface area (Å²) < 4.78 is 2.27. The molecule has 2 N–H and O–H groups in total. The van der Waals surface area contributed by atoms with Gasteiger partial charge >= 0.3 is 0 Å². The Morgan fingerprint density at radius 2 is 1.72 bits per heavy atom. The Labute approximate surface area is 130 Å². The van der Waals surface area contributed by atoms with Crippen molar-refractivity contribution in [3.63, 3.8) is 0 Å². The van der Waals surface area contributed by atoms with Gasteiger partial charge in [0, 0.05) is 17.2 Å². The average Bonchev–Trinajstić information content (AvgIpc) is 2.33. The molecule has 2 aromatic rings. The Morgan fingerprint density at radius 1 is 1.06 bits per heavy atom. The highest BCUT2D eigenvalue weighted by molar-refractivity contribution is 9.11. The van der Waals surface area contributed by atoms with Crippen LogP contribution in [0.1, 0.15) is 5.56 Å². The number of nitrogens with one attached hydrogen (secondary N) is 1. The van der Waals surface area contributed by atoms with Crippen molar-refractivity contribution in [2.45, 2.75) is 6.54 Å². The Bertz CT molecular complexity index is 552. The summed E-state index contributed by atoms with van der Waals surface area (Å²) >= 11 is 9.98. The average molecular weight is 437 g/mol. The minimum Gasteiger partial charge on any atom is -0.506 e. The van der Waals surface area contributed by atoms with Gasteiger partial charge < -0.3 is 10.4 Å². The second kappa shape index (κ2) is 6.04. The molecule has 0 saturated heterocycles. The largest absolute Gasteiger partial charge is 0.506 e. The first-order valence-electron chi connectivity index (χ1n) is 5.07. The van der Waals surface area contributed by atoms with Crippen molar-refractivity contribution in [2.75, 3.05) is 5.32 Å². The first-order valence-corrected chi connectivity index (χ1v) is 7.45. The lowest BCUT2D eigenvalue weighted by Gasteiger charge is -2.08. The molecular weight excluding hydrogens is 428 g/mol. The molecule has 1 aromatic carbocycles. The highest BCUT2D eigenvalue weighted by Crippen LogP contribution is 2.33. The standard InChI is InChI=1S/C12H9Br3N2O/c13-8-3-9(6-16-5-8)17-4-7-1-10(14)12(18)11(15)2-7/h1-3,5-6,17-18H,4H2. The summed E-state index contributed by atoms with van der Waals surface area (Å²) in [4.78, 5) is 4.08. The third-order valence-electron chi connectivity index (χ3n) is 2.28. The van der Waals surface area contributed by atoms with Crippen LogP contribution in [0.3, 0.4) is 0 Å². The van der Waals surface area contributed by atoms with Gasteiger partial charge in [-0.3, -0.25) is 4.98 Å². The molecule has 0 saturated carbocycles. The predicted octanol–water partition coefficient (Wildman–Crippen LogP) is 4.69. The van der Waals surface area contributed by atoms with E-state index in [4.69, 9.17) is 0 Å². The summed E-state index contributed by atoms with van der Waals surface area (Å²) in [5.74, 6) is 0.211. The number of benzene rings is 1. The molecule has 6 heteroatoms. The fourth-order valence-electron chi connectivity index (χ4n) is 1.43. The number of phenols is 1. The Kier molecular flexibility index (Phi) is 4.64. The highest BCUT2D eigenvalue weighted by atomic mass is 79.9. The number of hydrogen-bond acceptors (Lipinski definition) is 3. The zero-order chi connectivity index (χ0) is 13.1. The summed E-state index contributed by atoms with van der Waals surface area (Å²) in [6.45, 7) is 0.648. The Hall–Kier alpha value is -0.590. The van der Waals surface area contributed by atoms with Gasteiger partial charge in [-0.25, -0.2) is 0 Å². The molecule has 2 rings (SSSR count). The van der Waals surface area contributed by atoms with E-state index >= 15 is 0 Å². The van der Waals surface area contributed by atoms with Gasteiger partial charge in [0.05, 0.1) is 20.8 Å². The summed E-state index contributed by atoms with van der Waals surface area (Å²) in [5.41, 5.74) is 1.98. The molecule has 1 aromatic heterocycles. The van der Waals surface area contributed by atoms with Crippen molar-refractivity contribution < 1.29 is 5.11 Å². The van der Waals surface area contributed by atoms with Gasteiger partial charge in [-0.15, -0.1) is 0 Å². The molecule has 18 heavy (non-hydrogen) atoms. The van der Waals surface area contributed by atoms with Crippen LogP contribution in [0.25, 0.3) is 0 Å². The van der Waals surface area contributed by atoms with Crippen molar-refractivity contribution in [3.8, 4) is 5.75 Å². The van der Waals surface area contributed by atoms with Crippen LogP contribution in [-0.4, -0.2) is 10.1 Å². The molecule has 1 heterocycles. The maximum absolute atomic E-state index is 9.62. The number of aromatic nitrogens is 1. The van der Waals surface area contributed by atoms with Crippen LogP contribution in [0, 0.1) is 0 Å². The molecule has 94 valence electrons. The Balaban J connectivity index is 2.11. The summed E-state index contributed by atoms with van der Waals surface area (Å²) in [6.07, 6.45) is 3.49. The van der Waals surface area contributed by atoms with Crippen molar-refractivity contribution in [1.29, 1.82) is 0 Å². The molecular formula is C12H9Br3N2O. The number of rotatable bonds is 3. The number of phenolic OH excluding ortho intramolecular Hbond substituents is 1. The van der Waals surface area contributed by atoms with Crippen molar-refractivity contribution in [2.24, 2.45) is 0 Å². The number of hydrogen-bond donors (Lipinski definition) is 2. The molecule has 0 amide bonds. The van der Waals surface area contributed by atoms with E-state index in [1.165, 1.54) is 0 Å². The second-order valence-electron chi connectivity index (χ2n) is 3.65. The molecule has 0 atom stereocenters. The van der Waals surface area contributed by atoms with Gasteiger partial charge in [0.15, 0.2) is 0 Å². The van der Waals surface area contributed by atoms with E-state index in [0.717, 1.165) is 15.7 Å². The third kappa shape index (κ3) is 3.46. The molecule has 3 nitrogen and oxygen atoms in total. The van der Waals surface area contributed by atoms with Crippen LogP contribution in [-0.2, 0) is 6.54 Å². The van der Waals surface area contributed by atoms with Gasteiger partial charge in [-0.05, 0) is 71.6 Å². The molecule has 0 unspecified atom stereocenters. The monoisotopic (exact) mass is 434 g/mol. The Morgan fingerprint density at radius 3 is 2.33 bits per heavy atom. The minimum atomic E-state index is 0.211. The number of nitrogens with zero attached hydrogens (tertiary/aromatic N) is 1. The maximum Gasteiger partial charge on any atom is 0.143 e. The third-order valence-corrected chi connectivity index (χ3v) is 3.92. The lowest BCUT2D eigenvalue weighted by atomic mass is 10.2. The number of halogens is 3. The molecule has 0 bridgehead atoms. The van der Waals surface area contributed by atoms with Crippen LogP contribution in [0.15, 0.2) is 44.0 Å². The van der Waals surface area contributed by atoms with Gasteiger partial charge in [0.2, 0.25) is 0 Å². The van der Waals surface area contributed by atoms with E-state index < -0.39 is 0 Å². The van der Waals surface area contributed by atoms with Gasteiger partial charge in [0.25, 0.3) is 0 Å². The van der Waals surface area contributed by atoms with E-state index in [2.05, 4.69) is 58.1 Å². The molecule has 0 aliphatic heterocycles. The quantitative estimate of drug-likeness (QED) is 0.733. The molecule has 0 aliphatic carbocycles. The van der Waals surface area contributed by atoms with Crippen LogP contribution in [0.2, 0.25) is 0 Å². The fraction of sp³-hybridized carbons (Fsp3) is 0.0833. The van der Waals surface area contributed by atoms with Crippen LogP contribution < -0.4 is 5.32 Å². The van der Waals surface area contributed by atoms with Gasteiger partial charge in [-0.1, -0.05) is 0 Å². The summed E-state index contributed by atoms with van der Waals surface area (Å²) in [7, 11) is 0. The molecule has 0 radical (unpaired) electrons. The van der Waals surface area contributed by atoms with Crippen LogP contribution in [0.5, 0.6) is 5.75 Å². The maximum atomic E-state index is 9.62. The number of aromatic hydroxyl groups is 1. The van der Waals surface area contributed by atoms with Crippen molar-refractivity contribution >= 4 is 53.5 Å². The summed E-state index contributed by atoms with van der Waals surface area (Å²) in [6, 6.07) is 5.70. The normalized spacial score (nSPS) is 10.4. The van der Waals surface area contributed by atoms with Crippen LogP contribution >= 0.6 is 47.8 Å². The van der Waals surface area contributed by atoms with Crippen molar-refractivity contribution in [3.05, 3.63) is 49.6 Å². The van der Waals surface area contributed by atoms with E-state index in [9.17, 15) is 5.11 Å². The second-order valence-corrected chi connectivity index (χ2v) is 6.28. The predicted molar refractivity (Wildman–Crippen MR) is 82.8 cm³/mol. The summed E-state index contributed by atoms with van der Waals surface area (Å²) in [5, 5.41) is 12.9. The molecule has 0 fully saturated rings. The minimum absolute atomic E-state index is 0.211. The molecule has 0 spiro atoms. The lowest BCUT2D eigenvalue weighted by molar-refractivity contribution is 0.468. The van der Waals surface area contributed by atoms with Crippen LogP contribution in [0.4, 0.5) is 5.69 Å². The van der Waals surface area contributed by atoms with E-state index in [1.54, 1.807) is 12.4 Å². The zero-order valence-electron chi connectivity index (χ0n) is 9.12. The topological polar surface area (TPSA) is 45.1 Å². The first-order chi connectivity index (χ1) is 8.56. The van der Waals surface area contributed by atoms with Crippen molar-refractivity contribution in [1.82, 2.24) is 4.98 Å². The smallest absolute Gasteiger partial charge is 0.143 e. The van der Waals surface area contributed by atoms with Gasteiger partial charge in [-0.2, -0.15) is 0 Å². The highest BCUT2D eigenvalue weighted by Gasteiger charge is 2.05. The lowest BCUT2D eigenvalue weighted by Crippen LogP contribution is -2.00. The van der Waals surface area contributed by atoms with Gasteiger partial charge in [0.1, 0.15) is 5.75 Å². The zero-order valence-corrected chi connectivity index (χ0v) is 13.9. The number of pyridine rings is 1. The fourth-order valence-corrected chi connectivity index (χ4v) is 3.08. The first kappa shape index (κ1) is 13.8.